The number of fused-ring (bicyclic) bond motifs is 2. The van der Waals surface area contributed by atoms with E-state index in [-0.39, 0.29) is 49.0 Å². The van der Waals surface area contributed by atoms with Crippen LogP contribution >= 0.6 is 13.4 Å². The molecule has 7 N–H and O–H groups in total. The molecule has 4 aromatic rings. The molecule has 2 fully saturated rings. The van der Waals surface area contributed by atoms with Crippen LogP contribution in [0.3, 0.4) is 0 Å². The molecule has 2 unspecified atom stereocenters. The molecule has 0 bridgehead atoms. The second-order valence-corrected chi connectivity index (χ2v) is 15.8. The summed E-state index contributed by atoms with van der Waals surface area (Å²) in [6.45, 7) is -8.09. The Kier molecular flexibility index (Phi) is 9.02. The zero-order valence-electron chi connectivity index (χ0n) is 23.2. The normalized spacial score (nSPS) is 28.1. The minimum atomic E-state index is -4.04. The van der Waals surface area contributed by atoms with Crippen molar-refractivity contribution in [3.63, 3.8) is 0 Å². The van der Waals surface area contributed by atoms with Crippen LogP contribution in [0.1, 0.15) is 25.3 Å². The maximum absolute atomic E-state index is 15.1. The van der Waals surface area contributed by atoms with E-state index in [1.165, 1.54) is 18.0 Å². The van der Waals surface area contributed by atoms with E-state index in [0.29, 0.717) is 11.0 Å². The van der Waals surface area contributed by atoms with Crippen LogP contribution in [0.4, 0.5) is 16.2 Å². The summed E-state index contributed by atoms with van der Waals surface area (Å²) in [6.07, 6.45) is -3.40. The molecule has 0 aromatic carbocycles. The molecule has 6 heterocycles. The third-order valence-electron chi connectivity index (χ3n) is 7.03. The summed E-state index contributed by atoms with van der Waals surface area (Å²) >= 11 is 10.2. The summed E-state index contributed by atoms with van der Waals surface area (Å²) in [5.74, 6) is 0.0474. The van der Waals surface area contributed by atoms with E-state index in [2.05, 4.69) is 30.2 Å². The van der Waals surface area contributed by atoms with Crippen LogP contribution < -0.4 is 17.0 Å². The van der Waals surface area contributed by atoms with E-state index in [0.717, 1.165) is 4.68 Å². The maximum Gasteiger partial charge on any atom is 0.325 e. The van der Waals surface area contributed by atoms with Gasteiger partial charge < -0.3 is 53.4 Å². The molecule has 8 atom stereocenters. The largest absolute Gasteiger partial charge is 0.383 e. The van der Waals surface area contributed by atoms with Crippen LogP contribution in [0, 0.1) is 0 Å². The molecule has 6 rings (SSSR count). The number of nitrogens with zero attached hydrogens (tertiary/aromatic N) is 7. The van der Waals surface area contributed by atoms with Gasteiger partial charge >= 0.3 is 13.4 Å². The number of H-pyrrole nitrogens is 1. The predicted molar refractivity (Wildman–Crippen MR) is 161 cm³/mol. The van der Waals surface area contributed by atoms with E-state index in [9.17, 15) is 14.6 Å². The van der Waals surface area contributed by atoms with E-state index < -0.39 is 55.9 Å². The number of nitrogen functional groups attached to an aromatic ring is 2. The zero-order chi connectivity index (χ0) is 32.1. The van der Waals surface area contributed by atoms with Crippen molar-refractivity contribution >= 4 is 71.0 Å². The highest BCUT2D eigenvalue weighted by Gasteiger charge is 2.44. The smallest absolute Gasteiger partial charge is 0.325 e. The second kappa shape index (κ2) is 12.5. The first-order valence-electron chi connectivity index (χ1n) is 13.2. The Hall–Kier alpha value is -2.59. The van der Waals surface area contributed by atoms with Crippen LogP contribution in [-0.2, 0) is 51.2 Å². The molecular weight excluding hydrogens is 681 g/mol. The second-order valence-electron chi connectivity index (χ2n) is 10.0. The van der Waals surface area contributed by atoms with Gasteiger partial charge in [-0.05, 0) is 29.7 Å². The highest BCUT2D eigenvalue weighted by atomic mass is 32.5. The van der Waals surface area contributed by atoms with Crippen LogP contribution in [0.25, 0.3) is 22.2 Å². The van der Waals surface area contributed by atoms with E-state index in [4.69, 9.17) is 62.6 Å². The van der Waals surface area contributed by atoms with E-state index >= 15 is 4.39 Å². The van der Waals surface area contributed by atoms with E-state index in [1.54, 1.807) is 12.3 Å². The van der Waals surface area contributed by atoms with Gasteiger partial charge in [-0.2, -0.15) is 9.67 Å². The Morgan fingerprint density at radius 2 is 1.82 bits per heavy atom. The number of anilines is 2. The van der Waals surface area contributed by atoms with Gasteiger partial charge in [0.2, 0.25) is 5.95 Å². The van der Waals surface area contributed by atoms with Crippen molar-refractivity contribution in [3.8, 4) is 0 Å². The number of aromatic nitrogens is 8. The highest BCUT2D eigenvalue weighted by molar-refractivity contribution is 8.07. The molecule has 19 nitrogen and oxygen atoms in total. The average Bonchev–Trinajstić information content (AvgIpc) is 3.76. The summed E-state index contributed by atoms with van der Waals surface area (Å²) in [5, 5.41) is 8.36. The number of hydrogen-bond donors (Lipinski definition) is 5. The highest BCUT2D eigenvalue weighted by Crippen LogP contribution is 2.51. The monoisotopic (exact) mass is 708 g/mol. The van der Waals surface area contributed by atoms with Gasteiger partial charge in [-0.15, -0.1) is 5.10 Å². The maximum atomic E-state index is 15.1. The fourth-order valence-electron chi connectivity index (χ4n) is 5.02. The molecule has 0 spiro atoms. The van der Waals surface area contributed by atoms with Crippen molar-refractivity contribution in [1.82, 2.24) is 39.5 Å². The number of aromatic amines is 1. The van der Waals surface area contributed by atoms with Gasteiger partial charge in [-0.1, -0.05) is 5.21 Å². The molecule has 0 radical (unpaired) electrons. The molecule has 0 amide bonds. The molecule has 244 valence electrons. The topological polar surface area (TPSA) is 255 Å². The first-order chi connectivity index (χ1) is 21.3. The molecule has 2 saturated heterocycles. The van der Waals surface area contributed by atoms with Crippen molar-refractivity contribution in [3.05, 3.63) is 28.9 Å². The van der Waals surface area contributed by atoms with Gasteiger partial charge in [-0.25, -0.2) is 14.4 Å². The first-order valence-corrected chi connectivity index (χ1v) is 18.3. The Balaban J connectivity index is 1.16. The summed E-state index contributed by atoms with van der Waals surface area (Å²) in [6, 6.07) is 1.66. The number of hydrogen-bond acceptors (Lipinski definition) is 16. The number of rotatable bonds is 11. The van der Waals surface area contributed by atoms with Gasteiger partial charge in [0.05, 0.1) is 30.8 Å². The Labute approximate surface area is 262 Å². The third-order valence-corrected chi connectivity index (χ3v) is 10.3. The van der Waals surface area contributed by atoms with Crippen LogP contribution in [0.15, 0.2) is 23.4 Å². The zero-order valence-corrected chi connectivity index (χ0v) is 26.6. The molecule has 24 heteroatoms. The van der Waals surface area contributed by atoms with Gasteiger partial charge in [0.1, 0.15) is 30.1 Å². The summed E-state index contributed by atoms with van der Waals surface area (Å²) in [7, 11) is 1.20. The lowest BCUT2D eigenvalue weighted by molar-refractivity contribution is -0.0553. The van der Waals surface area contributed by atoms with Gasteiger partial charge in [-0.3, -0.25) is 9.78 Å². The van der Waals surface area contributed by atoms with Crippen molar-refractivity contribution in [2.75, 3.05) is 31.8 Å². The fraction of sp³-hybridized carbons (Fsp3) is 0.524. The lowest BCUT2D eigenvalue weighted by Gasteiger charge is -2.24. The number of alkyl halides is 1. The SMILES string of the molecule is COP(O)(=S)OC[C@@H]1C[C@@H](OP(O)(=S)OC[C@@H]2C[C@H](F)[C@H](n3ccc4c(N)ncnc43)O2)[C@H](n2nnc3c(=O)[nH]c(N)nc32)O1. The van der Waals surface area contributed by atoms with Gasteiger partial charge in [0, 0.05) is 26.1 Å². The molecule has 2 aliphatic rings. The van der Waals surface area contributed by atoms with Crippen molar-refractivity contribution < 1.29 is 41.7 Å². The van der Waals surface area contributed by atoms with Crippen molar-refractivity contribution in [2.45, 2.75) is 49.8 Å². The Morgan fingerprint density at radius 1 is 1.11 bits per heavy atom. The number of nitrogens with one attached hydrogen (secondary N) is 1. The Bertz CT molecular complexity index is 1880. The summed E-state index contributed by atoms with van der Waals surface area (Å²) in [5.41, 5.74) is 11.2. The molecule has 0 aliphatic carbocycles. The molecule has 0 saturated carbocycles. The van der Waals surface area contributed by atoms with Crippen LogP contribution in [0.5, 0.6) is 0 Å². The van der Waals surface area contributed by atoms with Crippen molar-refractivity contribution in [1.29, 1.82) is 0 Å². The standard InChI is InChI=1S/C21H27FN10O9P2S2/c1-36-42(34,44)37-7-10-5-13(20(40-10)32-17-14(29-30-32)18(33)28-21(24)27-17)41-43(35,45)38-6-9-4-12(22)19(39-9)31-3-2-11-15(23)25-8-26-16(11)31/h2-3,8-10,12-13,19-20H,4-7H2,1H3,(H,34,44)(H,35,45)(H2,23,25,26)(H3,24,27,28,33)/t9-,10-,12-,13+,19+,20+,42?,43?/m0/s1. The fourth-order valence-corrected chi connectivity index (χ4v) is 7.12. The minimum Gasteiger partial charge on any atom is -0.383 e. The molecule has 45 heavy (non-hydrogen) atoms. The Morgan fingerprint density at radius 3 is 2.58 bits per heavy atom. The predicted octanol–water partition coefficient (Wildman–Crippen LogP) is 0.535. The summed E-state index contributed by atoms with van der Waals surface area (Å²) < 4.78 is 51.1. The lowest BCUT2D eigenvalue weighted by atomic mass is 10.2. The van der Waals surface area contributed by atoms with Gasteiger partial charge in [0.15, 0.2) is 23.6 Å². The van der Waals surface area contributed by atoms with Crippen LogP contribution in [-0.4, -0.2) is 94.1 Å². The van der Waals surface area contributed by atoms with E-state index in [1.807, 2.05) is 0 Å². The number of ether oxygens (including phenoxy) is 2. The van der Waals surface area contributed by atoms with Crippen LogP contribution in [0.2, 0.25) is 0 Å². The number of halogens is 1. The molecule has 2 aliphatic heterocycles. The van der Waals surface area contributed by atoms with Crippen molar-refractivity contribution in [2.24, 2.45) is 0 Å². The number of nitrogens with two attached hydrogens (primary N) is 2. The first kappa shape index (κ1) is 32.4. The summed E-state index contributed by atoms with van der Waals surface area (Å²) in [4.78, 5) is 47.9. The third kappa shape index (κ3) is 6.78. The molecular formula is C21H27FN10O9P2S2. The lowest BCUT2D eigenvalue weighted by Crippen LogP contribution is -2.25. The minimum absolute atomic E-state index is 0.0308. The average molecular weight is 709 g/mol. The quantitative estimate of drug-likeness (QED) is 0.133. The van der Waals surface area contributed by atoms with Gasteiger partial charge in [0.25, 0.3) is 5.56 Å². The molecule has 4 aromatic heterocycles.